The number of nitrogens with zero attached hydrogens (tertiary/aromatic N) is 5. The summed E-state index contributed by atoms with van der Waals surface area (Å²) in [4.78, 5) is 36.6. The highest BCUT2D eigenvalue weighted by Crippen LogP contribution is 2.27. The largest absolute Gasteiger partial charge is 0.353 e. The number of pyridine rings is 1. The van der Waals surface area contributed by atoms with E-state index in [0.717, 1.165) is 57.0 Å². The van der Waals surface area contributed by atoms with Crippen molar-refractivity contribution >= 4 is 33.6 Å². The van der Waals surface area contributed by atoms with Crippen LogP contribution >= 0.6 is 15.9 Å². The standard InChI is InChI=1S/C30H29BrF2N6O2/c31-25-16-23(29(40)36-18-21-3-6-26(32)27(33)15-21)19-35-28(25)38-13-11-37(12-14-38)24-7-9-39(10-8-24)30(41)22-4-1-20(17-34)2-5-22/h1-6,15-16,19,24H,7-14,18H2,(H,36,40). The molecule has 2 aromatic carbocycles. The van der Waals surface area contributed by atoms with Gasteiger partial charge in [-0.05, 0) is 76.8 Å². The molecule has 0 aliphatic carbocycles. The molecule has 5 rings (SSSR count). The Kier molecular flexibility index (Phi) is 8.90. The zero-order valence-corrected chi connectivity index (χ0v) is 23.9. The highest BCUT2D eigenvalue weighted by molar-refractivity contribution is 9.10. The van der Waals surface area contributed by atoms with E-state index in [2.05, 4.69) is 42.1 Å². The van der Waals surface area contributed by atoms with Gasteiger partial charge in [0, 0.05) is 63.6 Å². The second-order valence-electron chi connectivity index (χ2n) is 10.2. The van der Waals surface area contributed by atoms with E-state index in [0.29, 0.717) is 45.9 Å². The summed E-state index contributed by atoms with van der Waals surface area (Å²) in [6.45, 7) is 4.81. The molecule has 41 heavy (non-hydrogen) atoms. The summed E-state index contributed by atoms with van der Waals surface area (Å²) in [6, 6.07) is 14.5. The van der Waals surface area contributed by atoms with Gasteiger partial charge >= 0.3 is 0 Å². The maximum atomic E-state index is 13.4. The molecule has 3 heterocycles. The summed E-state index contributed by atoms with van der Waals surface area (Å²) in [5.41, 5.74) is 1.98. The van der Waals surface area contributed by atoms with Crippen LogP contribution in [0.2, 0.25) is 0 Å². The summed E-state index contributed by atoms with van der Waals surface area (Å²) in [6.07, 6.45) is 3.35. The average Bonchev–Trinajstić information content (AvgIpc) is 3.01. The second-order valence-corrected chi connectivity index (χ2v) is 11.1. The van der Waals surface area contributed by atoms with E-state index in [4.69, 9.17) is 5.26 Å². The fourth-order valence-electron chi connectivity index (χ4n) is 5.32. The third kappa shape index (κ3) is 6.72. The highest BCUT2D eigenvalue weighted by atomic mass is 79.9. The first kappa shape index (κ1) is 28.6. The quantitative estimate of drug-likeness (QED) is 0.439. The van der Waals surface area contributed by atoms with Crippen LogP contribution in [0.3, 0.4) is 0 Å². The van der Waals surface area contributed by atoms with Crippen LogP contribution in [0.5, 0.6) is 0 Å². The predicted octanol–water partition coefficient (Wildman–Crippen LogP) is 4.35. The van der Waals surface area contributed by atoms with Gasteiger partial charge in [-0.2, -0.15) is 5.26 Å². The van der Waals surface area contributed by atoms with Crippen LogP contribution in [0.15, 0.2) is 59.2 Å². The van der Waals surface area contributed by atoms with Gasteiger partial charge in [-0.15, -0.1) is 0 Å². The number of hydrogen-bond acceptors (Lipinski definition) is 6. The maximum Gasteiger partial charge on any atom is 0.253 e. The van der Waals surface area contributed by atoms with Crippen molar-refractivity contribution < 1.29 is 18.4 Å². The number of rotatable bonds is 6. The Morgan fingerprint density at radius 1 is 0.951 bits per heavy atom. The number of benzene rings is 2. The number of halogens is 3. The first-order valence-corrected chi connectivity index (χ1v) is 14.3. The number of anilines is 1. The van der Waals surface area contributed by atoms with Gasteiger partial charge in [0.25, 0.3) is 11.8 Å². The Morgan fingerprint density at radius 2 is 1.66 bits per heavy atom. The van der Waals surface area contributed by atoms with E-state index in [1.807, 2.05) is 4.90 Å². The number of aromatic nitrogens is 1. The van der Waals surface area contributed by atoms with Crippen molar-refractivity contribution in [2.24, 2.45) is 0 Å². The molecule has 1 N–H and O–H groups in total. The Bertz CT molecular complexity index is 1460. The number of piperidine rings is 1. The zero-order valence-electron chi connectivity index (χ0n) is 22.3. The van der Waals surface area contributed by atoms with E-state index in [1.165, 1.54) is 12.3 Å². The molecule has 2 aliphatic heterocycles. The van der Waals surface area contributed by atoms with E-state index < -0.39 is 11.6 Å². The summed E-state index contributed by atoms with van der Waals surface area (Å²) in [5, 5.41) is 11.7. The fourth-order valence-corrected chi connectivity index (χ4v) is 5.92. The van der Waals surface area contributed by atoms with Crippen molar-refractivity contribution in [1.29, 1.82) is 5.26 Å². The van der Waals surface area contributed by atoms with Gasteiger partial charge < -0.3 is 15.1 Å². The SMILES string of the molecule is N#Cc1ccc(C(=O)N2CCC(N3CCN(c4ncc(C(=O)NCc5ccc(F)c(F)c5)cc4Br)CC3)CC2)cc1. The number of amides is 2. The third-order valence-corrected chi connectivity index (χ3v) is 8.25. The molecule has 0 spiro atoms. The van der Waals surface area contributed by atoms with Gasteiger partial charge in [0.2, 0.25) is 0 Å². The molecule has 0 unspecified atom stereocenters. The smallest absolute Gasteiger partial charge is 0.253 e. The Hall–Kier alpha value is -3.88. The van der Waals surface area contributed by atoms with E-state index in [-0.39, 0.29) is 18.4 Å². The van der Waals surface area contributed by atoms with E-state index in [9.17, 15) is 18.4 Å². The minimum absolute atomic E-state index is 0.00941. The average molecular weight is 624 g/mol. The van der Waals surface area contributed by atoms with Crippen molar-refractivity contribution in [2.45, 2.75) is 25.4 Å². The lowest BCUT2D eigenvalue weighted by atomic mass is 10.0. The lowest BCUT2D eigenvalue weighted by Gasteiger charge is -2.43. The first-order chi connectivity index (χ1) is 19.8. The van der Waals surface area contributed by atoms with Crippen LogP contribution in [0.1, 0.15) is 44.7 Å². The summed E-state index contributed by atoms with van der Waals surface area (Å²) in [7, 11) is 0. The molecule has 212 valence electrons. The molecule has 2 amide bonds. The van der Waals surface area contributed by atoms with Gasteiger partial charge in [0.1, 0.15) is 5.82 Å². The number of carbonyl (C=O) groups is 2. The van der Waals surface area contributed by atoms with Gasteiger partial charge in [0.05, 0.1) is 21.7 Å². The van der Waals surface area contributed by atoms with Crippen LogP contribution < -0.4 is 10.2 Å². The number of likely N-dealkylation sites (tertiary alicyclic amines) is 1. The first-order valence-electron chi connectivity index (χ1n) is 13.5. The second kappa shape index (κ2) is 12.7. The number of nitriles is 1. The van der Waals surface area contributed by atoms with E-state index >= 15 is 0 Å². The monoisotopic (exact) mass is 622 g/mol. The predicted molar refractivity (Wildman–Crippen MR) is 153 cm³/mol. The molecule has 2 saturated heterocycles. The Morgan fingerprint density at radius 3 is 2.29 bits per heavy atom. The molecule has 11 heteroatoms. The maximum absolute atomic E-state index is 13.4. The lowest BCUT2D eigenvalue weighted by molar-refractivity contribution is 0.0610. The molecule has 2 aliphatic rings. The minimum atomic E-state index is -0.953. The Balaban J connectivity index is 1.10. The number of carbonyl (C=O) groups excluding carboxylic acids is 2. The molecule has 0 bridgehead atoms. The van der Waals surface area contributed by atoms with Crippen molar-refractivity contribution in [3.8, 4) is 6.07 Å². The van der Waals surface area contributed by atoms with Gasteiger partial charge in [0.15, 0.2) is 11.6 Å². The topological polar surface area (TPSA) is 92.6 Å². The lowest BCUT2D eigenvalue weighted by Crippen LogP contribution is -2.54. The van der Waals surface area contributed by atoms with Crippen molar-refractivity contribution in [1.82, 2.24) is 20.1 Å². The highest BCUT2D eigenvalue weighted by Gasteiger charge is 2.30. The fraction of sp³-hybridized carbons (Fsp3) is 0.333. The molecule has 3 aromatic rings. The van der Waals surface area contributed by atoms with Crippen LogP contribution in [-0.2, 0) is 6.54 Å². The van der Waals surface area contributed by atoms with Crippen LogP contribution in [0.4, 0.5) is 14.6 Å². The molecule has 0 radical (unpaired) electrons. The molecular formula is C30H29BrF2N6O2. The number of piperazine rings is 1. The van der Waals surface area contributed by atoms with Gasteiger partial charge in [-0.1, -0.05) is 6.07 Å². The van der Waals surface area contributed by atoms with Gasteiger partial charge in [-0.3, -0.25) is 14.5 Å². The molecule has 0 atom stereocenters. The summed E-state index contributed by atoms with van der Waals surface area (Å²) in [5.74, 6) is -1.46. The minimum Gasteiger partial charge on any atom is -0.353 e. The third-order valence-electron chi connectivity index (χ3n) is 7.66. The van der Waals surface area contributed by atoms with Crippen LogP contribution in [0, 0.1) is 23.0 Å². The molecule has 0 saturated carbocycles. The molecule has 1 aromatic heterocycles. The summed E-state index contributed by atoms with van der Waals surface area (Å²) >= 11 is 3.56. The van der Waals surface area contributed by atoms with E-state index in [1.54, 1.807) is 30.3 Å². The zero-order chi connectivity index (χ0) is 28.9. The molecule has 2 fully saturated rings. The molecule has 8 nitrogen and oxygen atoms in total. The number of hydrogen-bond donors (Lipinski definition) is 1. The number of nitrogens with one attached hydrogen (secondary N) is 1. The molecular weight excluding hydrogens is 594 g/mol. The van der Waals surface area contributed by atoms with Gasteiger partial charge in [-0.25, -0.2) is 13.8 Å². The van der Waals surface area contributed by atoms with Crippen molar-refractivity contribution in [3.05, 3.63) is 93.1 Å². The van der Waals surface area contributed by atoms with Crippen molar-refractivity contribution in [2.75, 3.05) is 44.2 Å². The van der Waals surface area contributed by atoms with Crippen molar-refractivity contribution in [3.63, 3.8) is 0 Å². The van der Waals surface area contributed by atoms with Crippen LogP contribution in [0.25, 0.3) is 0 Å². The normalized spacial score (nSPS) is 16.3. The summed E-state index contributed by atoms with van der Waals surface area (Å²) < 4.78 is 27.3. The Labute approximate surface area is 245 Å². The van der Waals surface area contributed by atoms with Crippen LogP contribution in [-0.4, -0.2) is 71.9 Å².